The van der Waals surface area contributed by atoms with Gasteiger partial charge in [0.1, 0.15) is 0 Å². The maximum atomic E-state index is 10.6. The molecule has 2 aromatic rings. The highest BCUT2D eigenvalue weighted by atomic mass is 79.9. The third-order valence-corrected chi connectivity index (χ3v) is 4.34. The highest BCUT2D eigenvalue weighted by Gasteiger charge is 2.16. The molecule has 0 aliphatic heterocycles. The average molecular weight is 380 g/mol. The molecule has 7 heteroatoms. The summed E-state index contributed by atoms with van der Waals surface area (Å²) in [7, 11) is 0. The lowest BCUT2D eigenvalue weighted by atomic mass is 10.0. The maximum Gasteiger partial charge on any atom is 0.313 e. The number of carboxylic acids is 1. The molecule has 0 saturated carbocycles. The molecule has 0 radical (unpaired) electrons. The zero-order chi connectivity index (χ0) is 16.1. The summed E-state index contributed by atoms with van der Waals surface area (Å²) >= 11 is 3.96. The smallest absolute Gasteiger partial charge is 0.313 e. The first kappa shape index (κ1) is 16.5. The largest absolute Gasteiger partial charge is 0.481 e. The molecule has 0 saturated heterocycles. The van der Waals surface area contributed by atoms with Gasteiger partial charge in [-0.15, -0.1) is 0 Å². The van der Waals surface area contributed by atoms with E-state index in [9.17, 15) is 4.79 Å². The van der Waals surface area contributed by atoms with Gasteiger partial charge in [-0.2, -0.15) is 0 Å². The van der Waals surface area contributed by atoms with Crippen LogP contribution in [0.15, 0.2) is 42.5 Å². The number of thioether (sulfide) groups is 1. The first-order valence-corrected chi connectivity index (χ1v) is 8.18. The molecule has 0 aromatic heterocycles. The van der Waals surface area contributed by atoms with Crippen molar-refractivity contribution in [2.24, 2.45) is 0 Å². The van der Waals surface area contributed by atoms with E-state index < -0.39 is 5.97 Å². The Morgan fingerprint density at radius 1 is 1.18 bits per heavy atom. The fraction of sp³-hybridized carbons (Fsp3) is 0.133. The molecular weight excluding hydrogens is 366 g/mol. The van der Waals surface area contributed by atoms with Crippen LogP contribution in [0, 0.1) is 10.8 Å². The molecule has 0 aliphatic carbocycles. The first-order chi connectivity index (χ1) is 10.5. The first-order valence-electron chi connectivity index (χ1n) is 6.40. The minimum atomic E-state index is -0.985. The molecule has 0 aliphatic rings. The van der Waals surface area contributed by atoms with Crippen LogP contribution in [0.25, 0.3) is 10.8 Å². The van der Waals surface area contributed by atoms with Crippen molar-refractivity contribution in [2.75, 3.05) is 5.75 Å². The number of fused-ring (bicyclic) bond motifs is 1. The molecule has 2 aromatic carbocycles. The Hall–Kier alpha value is -1.86. The van der Waals surface area contributed by atoms with Crippen molar-refractivity contribution in [3.05, 3.63) is 48.0 Å². The Morgan fingerprint density at radius 3 is 2.55 bits per heavy atom. The highest BCUT2D eigenvalue weighted by molar-refractivity contribution is 9.18. The molecule has 0 spiro atoms. The van der Waals surface area contributed by atoms with Crippen LogP contribution in [-0.4, -0.2) is 31.6 Å². The normalized spacial score (nSPS) is 10.4. The number of amidine groups is 2. The summed E-state index contributed by atoms with van der Waals surface area (Å²) < 4.78 is 0.0309. The number of rotatable bonds is 4. The summed E-state index contributed by atoms with van der Waals surface area (Å²) in [5.74, 6) is -1.19. The van der Waals surface area contributed by atoms with Gasteiger partial charge in [0.05, 0.1) is 12.3 Å². The molecular formula is C15H14BrN3O2S. The third-order valence-electron chi connectivity index (χ3n) is 3.02. The molecule has 0 atom stereocenters. The number of carbonyl (C=O) groups is 1. The monoisotopic (exact) mass is 379 g/mol. The molecule has 114 valence electrons. The number of hydrogen-bond donors (Lipinski definition) is 3. The van der Waals surface area contributed by atoms with Crippen LogP contribution < -0.4 is 0 Å². The second-order valence-corrected chi connectivity index (χ2v) is 6.22. The number of nitrogens with zero attached hydrogens (tertiary/aromatic N) is 1. The summed E-state index contributed by atoms with van der Waals surface area (Å²) in [5.41, 5.74) is 0.975. The predicted octanol–water partition coefficient (Wildman–Crippen LogP) is 3.72. The van der Waals surface area contributed by atoms with Gasteiger partial charge in [0, 0.05) is 0 Å². The Labute approximate surface area is 140 Å². The summed E-state index contributed by atoms with van der Waals surface area (Å²) in [4.78, 5) is 12.1. The van der Waals surface area contributed by atoms with E-state index in [0.717, 1.165) is 28.1 Å². The van der Waals surface area contributed by atoms with Gasteiger partial charge < -0.3 is 5.11 Å². The van der Waals surface area contributed by atoms with Gasteiger partial charge >= 0.3 is 5.97 Å². The van der Waals surface area contributed by atoms with Crippen LogP contribution in [0.1, 0.15) is 5.56 Å². The lowest BCUT2D eigenvalue weighted by molar-refractivity contribution is -0.133. The van der Waals surface area contributed by atoms with E-state index in [1.54, 1.807) is 0 Å². The molecule has 22 heavy (non-hydrogen) atoms. The fourth-order valence-corrected chi connectivity index (χ4v) is 3.03. The number of benzene rings is 2. The predicted molar refractivity (Wildman–Crippen MR) is 94.0 cm³/mol. The molecule has 0 heterocycles. The summed E-state index contributed by atoms with van der Waals surface area (Å²) in [6.07, 6.45) is 0. The van der Waals surface area contributed by atoms with Crippen LogP contribution in [0.5, 0.6) is 0 Å². The van der Waals surface area contributed by atoms with Crippen molar-refractivity contribution in [1.82, 2.24) is 4.90 Å². The summed E-state index contributed by atoms with van der Waals surface area (Å²) in [6.45, 7) is 0.330. The number of nitrogens with one attached hydrogen (secondary N) is 2. The molecule has 3 N–H and O–H groups in total. The van der Waals surface area contributed by atoms with Crippen molar-refractivity contribution in [2.45, 2.75) is 6.54 Å². The van der Waals surface area contributed by atoms with E-state index in [1.807, 2.05) is 42.5 Å². The topological polar surface area (TPSA) is 88.2 Å². The van der Waals surface area contributed by atoms with Gasteiger partial charge in [-0.25, -0.2) is 0 Å². The Balaban J connectivity index is 2.25. The van der Waals surface area contributed by atoms with Gasteiger partial charge in [-0.3, -0.25) is 20.5 Å². The van der Waals surface area contributed by atoms with Gasteiger partial charge in [-0.05, 0) is 32.3 Å². The van der Waals surface area contributed by atoms with Crippen LogP contribution in [-0.2, 0) is 11.3 Å². The molecule has 0 fully saturated rings. The zero-order valence-electron chi connectivity index (χ0n) is 11.5. The second kappa shape index (κ2) is 7.42. The minimum Gasteiger partial charge on any atom is -0.481 e. The second-order valence-electron chi connectivity index (χ2n) is 4.50. The van der Waals surface area contributed by atoms with E-state index in [4.69, 9.17) is 15.9 Å². The van der Waals surface area contributed by atoms with Crippen LogP contribution in [0.4, 0.5) is 0 Å². The molecule has 0 amide bonds. The van der Waals surface area contributed by atoms with E-state index in [-0.39, 0.29) is 15.7 Å². The summed E-state index contributed by atoms with van der Waals surface area (Å²) in [6, 6.07) is 13.8. The van der Waals surface area contributed by atoms with E-state index >= 15 is 0 Å². The maximum absolute atomic E-state index is 10.6. The SMILES string of the molecule is N=C(Br)N(Cc1cccc2ccccc12)C(=N)SCC(=O)O. The van der Waals surface area contributed by atoms with Crippen LogP contribution in [0.3, 0.4) is 0 Å². The van der Waals surface area contributed by atoms with Crippen LogP contribution in [0.2, 0.25) is 0 Å². The standard InChI is InChI=1S/C15H14BrN3O2S/c16-14(17)19(15(18)22-9-13(20)21)8-11-6-3-5-10-4-1-2-7-12(10)11/h1-7,17-18H,8-9H2,(H,20,21). The van der Waals surface area contributed by atoms with Crippen molar-refractivity contribution < 1.29 is 9.90 Å². The van der Waals surface area contributed by atoms with Gasteiger partial charge in [-0.1, -0.05) is 54.2 Å². The van der Waals surface area contributed by atoms with Crippen molar-refractivity contribution in [3.8, 4) is 0 Å². The zero-order valence-corrected chi connectivity index (χ0v) is 13.9. The van der Waals surface area contributed by atoms with Gasteiger partial charge in [0.25, 0.3) is 0 Å². The van der Waals surface area contributed by atoms with Crippen molar-refractivity contribution >= 4 is 54.3 Å². The Kier molecular flexibility index (Phi) is 5.57. The van der Waals surface area contributed by atoms with Crippen LogP contribution >= 0.6 is 27.7 Å². The Morgan fingerprint density at radius 2 is 1.86 bits per heavy atom. The highest BCUT2D eigenvalue weighted by Crippen LogP contribution is 2.22. The number of aliphatic carboxylic acids is 1. The number of carboxylic acid groups (broad SMARTS) is 1. The summed E-state index contributed by atoms with van der Waals surface area (Å²) in [5, 5.41) is 26.6. The Bertz CT molecular complexity index is 730. The van der Waals surface area contributed by atoms with E-state index in [2.05, 4.69) is 15.9 Å². The van der Waals surface area contributed by atoms with E-state index in [1.165, 1.54) is 4.90 Å². The average Bonchev–Trinajstić information content (AvgIpc) is 2.50. The number of hydrogen-bond acceptors (Lipinski definition) is 4. The van der Waals surface area contributed by atoms with Gasteiger partial charge in [0.2, 0.25) is 0 Å². The molecule has 0 bridgehead atoms. The van der Waals surface area contributed by atoms with Crippen molar-refractivity contribution in [3.63, 3.8) is 0 Å². The molecule has 5 nitrogen and oxygen atoms in total. The van der Waals surface area contributed by atoms with Gasteiger partial charge in [0.15, 0.2) is 9.91 Å². The fourth-order valence-electron chi connectivity index (χ4n) is 2.04. The number of halogens is 1. The van der Waals surface area contributed by atoms with E-state index in [0.29, 0.717) is 6.54 Å². The minimum absolute atomic E-state index is 0.0252. The lowest BCUT2D eigenvalue weighted by Crippen LogP contribution is -2.31. The lowest BCUT2D eigenvalue weighted by Gasteiger charge is -2.22. The molecule has 0 unspecified atom stereocenters. The molecule has 2 rings (SSSR count). The van der Waals surface area contributed by atoms with Crippen molar-refractivity contribution in [1.29, 1.82) is 10.8 Å². The quantitative estimate of drug-likeness (QED) is 0.429. The third kappa shape index (κ3) is 4.08.